The quantitative estimate of drug-likeness (QED) is 0.717. The van der Waals surface area contributed by atoms with Gasteiger partial charge in [-0.1, -0.05) is 41.7 Å². The summed E-state index contributed by atoms with van der Waals surface area (Å²) in [5, 5.41) is 0.0240. The van der Waals surface area contributed by atoms with Crippen molar-refractivity contribution in [3.05, 3.63) is 27.2 Å². The zero-order valence-electron chi connectivity index (χ0n) is 11.4. The number of carbonyl (C=O) groups is 1. The van der Waals surface area contributed by atoms with Crippen LogP contribution in [0.2, 0.25) is 15.1 Å². The monoisotopic (exact) mass is 373 g/mol. The van der Waals surface area contributed by atoms with E-state index >= 15 is 0 Å². The molecule has 118 valence electrons. The van der Waals surface area contributed by atoms with Crippen LogP contribution >= 0.6 is 34.8 Å². The summed E-state index contributed by atoms with van der Waals surface area (Å²) < 4.78 is 30.7. The van der Waals surface area contributed by atoms with E-state index in [2.05, 4.69) is 4.74 Å². The molecule has 0 N–H and O–H groups in total. The van der Waals surface area contributed by atoms with Crippen molar-refractivity contribution in [1.29, 1.82) is 0 Å². The van der Waals surface area contributed by atoms with Crippen molar-refractivity contribution in [2.45, 2.75) is 18.2 Å². The van der Waals surface area contributed by atoms with Crippen LogP contribution in [0.3, 0.4) is 0 Å². The van der Waals surface area contributed by atoms with Crippen LogP contribution in [0, 0.1) is 0 Å². The Bertz CT molecular complexity index is 610. The second-order valence-electron chi connectivity index (χ2n) is 4.11. The van der Waals surface area contributed by atoms with Crippen molar-refractivity contribution in [3.8, 4) is 0 Å². The van der Waals surface area contributed by atoms with Crippen molar-refractivity contribution < 1.29 is 17.9 Å². The predicted molar refractivity (Wildman–Crippen MR) is 82.5 cm³/mol. The smallest absolute Gasteiger partial charge is 0.321 e. The lowest BCUT2D eigenvalue weighted by molar-refractivity contribution is -0.140. The minimum Gasteiger partial charge on any atom is -0.468 e. The van der Waals surface area contributed by atoms with Gasteiger partial charge in [-0.25, -0.2) is 8.42 Å². The van der Waals surface area contributed by atoms with Crippen molar-refractivity contribution in [2.24, 2.45) is 0 Å². The summed E-state index contributed by atoms with van der Waals surface area (Å²) in [6.45, 7) is 1.50. The van der Waals surface area contributed by atoms with Crippen LogP contribution in [-0.2, 0) is 19.6 Å². The largest absolute Gasteiger partial charge is 0.468 e. The number of esters is 1. The second kappa shape index (κ2) is 7.65. The lowest BCUT2D eigenvalue weighted by atomic mass is 10.4. The molecule has 0 amide bonds. The summed E-state index contributed by atoms with van der Waals surface area (Å²) in [6, 6.07) is 2.56. The summed E-state index contributed by atoms with van der Waals surface area (Å²) in [6.07, 6.45) is 0.513. The van der Waals surface area contributed by atoms with Gasteiger partial charge in [0, 0.05) is 11.6 Å². The fourth-order valence-corrected chi connectivity index (χ4v) is 4.62. The van der Waals surface area contributed by atoms with Crippen molar-refractivity contribution in [3.63, 3.8) is 0 Å². The number of sulfonamides is 1. The van der Waals surface area contributed by atoms with Crippen molar-refractivity contribution >= 4 is 50.8 Å². The minimum atomic E-state index is -4.04. The van der Waals surface area contributed by atoms with Gasteiger partial charge in [0.2, 0.25) is 10.0 Å². The molecule has 0 aliphatic heterocycles. The molecular formula is C12H14Cl3NO4S. The Morgan fingerprint density at radius 3 is 2.19 bits per heavy atom. The zero-order valence-corrected chi connectivity index (χ0v) is 14.5. The average Bonchev–Trinajstić information content (AvgIpc) is 2.36. The van der Waals surface area contributed by atoms with Crippen LogP contribution < -0.4 is 0 Å². The molecule has 0 saturated heterocycles. The van der Waals surface area contributed by atoms with Gasteiger partial charge in [-0.3, -0.25) is 4.79 Å². The van der Waals surface area contributed by atoms with Crippen molar-refractivity contribution in [1.82, 2.24) is 4.31 Å². The fourth-order valence-electron chi connectivity index (χ4n) is 1.65. The zero-order chi connectivity index (χ0) is 16.2. The Morgan fingerprint density at radius 1 is 1.24 bits per heavy atom. The van der Waals surface area contributed by atoms with E-state index < -0.39 is 22.5 Å². The summed E-state index contributed by atoms with van der Waals surface area (Å²) in [5.41, 5.74) is 0. The highest BCUT2D eigenvalue weighted by Gasteiger charge is 2.30. The third-order valence-corrected chi connectivity index (χ3v) is 5.55. The SMILES string of the molecule is CCCN(CC(=O)OC)S(=O)(=O)c1c(Cl)cc(Cl)cc1Cl. The van der Waals surface area contributed by atoms with Crippen LogP contribution in [0.5, 0.6) is 0 Å². The van der Waals surface area contributed by atoms with Crippen LogP contribution in [0.1, 0.15) is 13.3 Å². The molecule has 5 nitrogen and oxygen atoms in total. The van der Waals surface area contributed by atoms with Crippen molar-refractivity contribution in [2.75, 3.05) is 20.2 Å². The molecule has 0 unspecified atom stereocenters. The number of carbonyl (C=O) groups excluding carboxylic acids is 1. The van der Waals surface area contributed by atoms with E-state index in [4.69, 9.17) is 34.8 Å². The van der Waals surface area contributed by atoms with E-state index in [0.717, 1.165) is 4.31 Å². The molecule has 21 heavy (non-hydrogen) atoms. The van der Waals surface area contributed by atoms with E-state index in [1.807, 2.05) is 0 Å². The van der Waals surface area contributed by atoms with Crippen LogP contribution in [0.15, 0.2) is 17.0 Å². The highest BCUT2D eigenvalue weighted by Crippen LogP contribution is 2.34. The standard InChI is InChI=1S/C12H14Cl3NO4S/c1-3-4-16(7-11(17)20-2)21(18,19)12-9(14)5-8(13)6-10(12)15/h5-6H,3-4,7H2,1-2H3. The second-order valence-corrected chi connectivity index (χ2v) is 7.24. The van der Waals surface area contributed by atoms with Crippen LogP contribution in [-0.4, -0.2) is 38.9 Å². The molecule has 9 heteroatoms. The normalized spacial score (nSPS) is 11.7. The van der Waals surface area contributed by atoms with Crippen LogP contribution in [0.4, 0.5) is 0 Å². The molecule has 0 heterocycles. The molecule has 0 aliphatic rings. The predicted octanol–water partition coefficient (Wildman–Crippen LogP) is 3.22. The molecule has 0 fully saturated rings. The van der Waals surface area contributed by atoms with Gasteiger partial charge in [-0.15, -0.1) is 0 Å². The average molecular weight is 375 g/mol. The number of hydrogen-bond acceptors (Lipinski definition) is 4. The molecule has 1 aromatic carbocycles. The lowest BCUT2D eigenvalue weighted by Crippen LogP contribution is -2.37. The molecule has 0 saturated carbocycles. The van der Waals surface area contributed by atoms with Crippen LogP contribution in [0.25, 0.3) is 0 Å². The summed E-state index contributed by atoms with van der Waals surface area (Å²) in [7, 11) is -2.85. The number of rotatable bonds is 6. The first-order chi connectivity index (χ1) is 9.73. The Labute approximate surface area is 138 Å². The number of hydrogen-bond donors (Lipinski definition) is 0. The lowest BCUT2D eigenvalue weighted by Gasteiger charge is -2.21. The maximum Gasteiger partial charge on any atom is 0.321 e. The Kier molecular flexibility index (Phi) is 6.74. The maximum absolute atomic E-state index is 12.6. The Morgan fingerprint density at radius 2 is 1.76 bits per heavy atom. The number of methoxy groups -OCH3 is 1. The number of ether oxygens (including phenoxy) is 1. The minimum absolute atomic E-state index is 0.0986. The first kappa shape index (κ1) is 18.5. The van der Waals surface area contributed by atoms with Gasteiger partial charge >= 0.3 is 5.97 Å². The van der Waals surface area contributed by atoms with Gasteiger partial charge < -0.3 is 4.74 Å². The molecule has 0 aromatic heterocycles. The molecule has 1 aromatic rings. The van der Waals surface area contributed by atoms with Gasteiger partial charge in [0.05, 0.1) is 17.2 Å². The maximum atomic E-state index is 12.6. The van der Waals surface area contributed by atoms with Gasteiger partial charge in [0.15, 0.2) is 0 Å². The van der Waals surface area contributed by atoms with E-state index in [1.54, 1.807) is 6.92 Å². The first-order valence-electron chi connectivity index (χ1n) is 5.95. The molecular weight excluding hydrogens is 361 g/mol. The fraction of sp³-hybridized carbons (Fsp3) is 0.417. The number of benzene rings is 1. The van der Waals surface area contributed by atoms with E-state index in [9.17, 15) is 13.2 Å². The van der Waals surface area contributed by atoms with E-state index in [0.29, 0.717) is 6.42 Å². The first-order valence-corrected chi connectivity index (χ1v) is 8.53. The summed E-state index contributed by atoms with van der Waals surface area (Å²) >= 11 is 17.7. The van der Waals surface area contributed by atoms with Gasteiger partial charge in [0.1, 0.15) is 11.4 Å². The highest BCUT2D eigenvalue weighted by atomic mass is 35.5. The third-order valence-electron chi connectivity index (χ3n) is 2.57. The highest BCUT2D eigenvalue weighted by molar-refractivity contribution is 7.89. The number of nitrogens with zero attached hydrogens (tertiary/aromatic N) is 1. The number of halogens is 3. The summed E-state index contributed by atoms with van der Waals surface area (Å²) in [5.74, 6) is -0.673. The van der Waals surface area contributed by atoms with E-state index in [-0.39, 0.29) is 26.5 Å². The molecule has 1 rings (SSSR count). The van der Waals surface area contributed by atoms with E-state index in [1.165, 1.54) is 19.2 Å². The van der Waals surface area contributed by atoms with Gasteiger partial charge in [-0.05, 0) is 18.6 Å². The topological polar surface area (TPSA) is 63.7 Å². The Balaban J connectivity index is 3.32. The summed E-state index contributed by atoms with van der Waals surface area (Å²) in [4.78, 5) is 11.1. The molecule has 0 aliphatic carbocycles. The molecule has 0 radical (unpaired) electrons. The van der Waals surface area contributed by atoms with Gasteiger partial charge in [0.25, 0.3) is 0 Å². The third kappa shape index (κ3) is 4.47. The van der Waals surface area contributed by atoms with Gasteiger partial charge in [-0.2, -0.15) is 4.31 Å². The molecule has 0 spiro atoms. The molecule has 0 atom stereocenters. The Hall–Kier alpha value is -0.530. The molecule has 0 bridgehead atoms.